The third-order valence-electron chi connectivity index (χ3n) is 1.54. The number of rotatable bonds is 2. The predicted octanol–water partition coefficient (Wildman–Crippen LogP) is 2.59. The molecule has 0 heterocycles. The highest BCUT2D eigenvalue weighted by Gasteiger charge is 2.14. The fraction of sp³-hybridized carbons (Fsp3) is 0.125. The van der Waals surface area contributed by atoms with Gasteiger partial charge in [0.1, 0.15) is 11.7 Å². The van der Waals surface area contributed by atoms with Gasteiger partial charge in [-0.25, -0.2) is 8.78 Å². The number of benzene rings is 1. The molecule has 6 heteroatoms. The Balaban J connectivity index is 0.00000169. The van der Waals surface area contributed by atoms with E-state index in [4.69, 9.17) is 11.1 Å². The Labute approximate surface area is 102 Å². The quantitative estimate of drug-likeness (QED) is 0.379. The summed E-state index contributed by atoms with van der Waals surface area (Å²) in [5.41, 5.74) is 4.58. The standard InChI is InChI=1S/C8H8F2N2S.HI/c1-13-5-3-2-4(9)6(7(5)10)8(11)12;/h2-3H,1H3,(H3,11,12);1H. The molecule has 0 spiro atoms. The minimum Gasteiger partial charge on any atom is -0.384 e. The monoisotopic (exact) mass is 330 g/mol. The molecular formula is C8H9F2IN2S. The van der Waals surface area contributed by atoms with Crippen molar-refractivity contribution in [2.24, 2.45) is 5.73 Å². The van der Waals surface area contributed by atoms with Gasteiger partial charge in [0.2, 0.25) is 0 Å². The van der Waals surface area contributed by atoms with Gasteiger partial charge in [-0.2, -0.15) is 0 Å². The van der Waals surface area contributed by atoms with Crippen molar-refractivity contribution in [2.75, 3.05) is 6.26 Å². The van der Waals surface area contributed by atoms with Gasteiger partial charge in [-0.1, -0.05) is 0 Å². The van der Waals surface area contributed by atoms with E-state index in [9.17, 15) is 8.78 Å². The van der Waals surface area contributed by atoms with E-state index < -0.39 is 23.0 Å². The van der Waals surface area contributed by atoms with Crippen molar-refractivity contribution in [1.82, 2.24) is 0 Å². The summed E-state index contributed by atoms with van der Waals surface area (Å²) in [7, 11) is 0. The van der Waals surface area contributed by atoms with Crippen molar-refractivity contribution in [3.05, 3.63) is 29.3 Å². The second kappa shape index (κ2) is 5.50. The summed E-state index contributed by atoms with van der Waals surface area (Å²) in [6.07, 6.45) is 1.67. The molecule has 0 aliphatic carbocycles. The molecule has 0 atom stereocenters. The van der Waals surface area contributed by atoms with Gasteiger partial charge in [0, 0.05) is 4.90 Å². The number of amidine groups is 1. The molecule has 0 saturated heterocycles. The SMILES string of the molecule is CSc1ccc(F)c(C(=N)N)c1F.I. The molecule has 78 valence electrons. The second-order valence-electron chi connectivity index (χ2n) is 2.35. The van der Waals surface area contributed by atoms with Crippen molar-refractivity contribution in [3.8, 4) is 0 Å². The van der Waals surface area contributed by atoms with E-state index in [0.717, 1.165) is 17.8 Å². The lowest BCUT2D eigenvalue weighted by atomic mass is 10.2. The summed E-state index contributed by atoms with van der Waals surface area (Å²) in [4.78, 5) is 0.284. The maximum Gasteiger partial charge on any atom is 0.150 e. The van der Waals surface area contributed by atoms with E-state index in [1.807, 2.05) is 0 Å². The number of hydrogen-bond acceptors (Lipinski definition) is 2. The van der Waals surface area contributed by atoms with E-state index in [-0.39, 0.29) is 28.9 Å². The van der Waals surface area contributed by atoms with Crippen LogP contribution in [0.4, 0.5) is 8.78 Å². The Morgan fingerprint density at radius 3 is 2.43 bits per heavy atom. The number of nitrogen functional groups attached to an aromatic ring is 1. The van der Waals surface area contributed by atoms with E-state index >= 15 is 0 Å². The Hall–Kier alpha value is -0.370. The highest BCUT2D eigenvalue weighted by atomic mass is 127. The zero-order chi connectivity index (χ0) is 10.0. The average molecular weight is 330 g/mol. The fourth-order valence-corrected chi connectivity index (χ4v) is 1.42. The van der Waals surface area contributed by atoms with Crippen LogP contribution in [0.2, 0.25) is 0 Å². The van der Waals surface area contributed by atoms with E-state index in [0.29, 0.717) is 0 Å². The fourth-order valence-electron chi connectivity index (χ4n) is 0.938. The summed E-state index contributed by atoms with van der Waals surface area (Å²) in [6, 6.07) is 2.42. The molecule has 2 nitrogen and oxygen atoms in total. The van der Waals surface area contributed by atoms with Gasteiger partial charge in [-0.05, 0) is 18.4 Å². The molecule has 0 saturated carbocycles. The van der Waals surface area contributed by atoms with Gasteiger partial charge in [-0.15, -0.1) is 35.7 Å². The van der Waals surface area contributed by atoms with Crippen LogP contribution < -0.4 is 5.73 Å². The highest BCUT2D eigenvalue weighted by Crippen LogP contribution is 2.23. The maximum absolute atomic E-state index is 13.3. The van der Waals surface area contributed by atoms with Gasteiger partial charge < -0.3 is 5.73 Å². The zero-order valence-electron chi connectivity index (χ0n) is 7.30. The smallest absolute Gasteiger partial charge is 0.150 e. The van der Waals surface area contributed by atoms with Crippen LogP contribution in [0.5, 0.6) is 0 Å². The minimum absolute atomic E-state index is 0. The lowest BCUT2D eigenvalue weighted by Gasteiger charge is -2.05. The molecule has 0 radical (unpaired) electrons. The van der Waals surface area contributed by atoms with Crippen molar-refractivity contribution >= 4 is 41.6 Å². The van der Waals surface area contributed by atoms with Crippen LogP contribution in [-0.2, 0) is 0 Å². The lowest BCUT2D eigenvalue weighted by molar-refractivity contribution is 0.561. The summed E-state index contributed by atoms with van der Waals surface area (Å²) in [5.74, 6) is -2.16. The van der Waals surface area contributed by atoms with Gasteiger partial charge >= 0.3 is 0 Å². The van der Waals surface area contributed by atoms with Crippen molar-refractivity contribution in [3.63, 3.8) is 0 Å². The average Bonchev–Trinajstić information content (AvgIpc) is 2.04. The molecule has 1 rings (SSSR count). The first-order chi connectivity index (χ1) is 6.07. The first kappa shape index (κ1) is 13.6. The first-order valence-electron chi connectivity index (χ1n) is 3.44. The van der Waals surface area contributed by atoms with Crippen LogP contribution in [0.1, 0.15) is 5.56 Å². The van der Waals surface area contributed by atoms with Crippen LogP contribution in [0.3, 0.4) is 0 Å². The molecule has 0 aromatic heterocycles. The minimum atomic E-state index is -0.803. The van der Waals surface area contributed by atoms with Gasteiger partial charge in [0.05, 0.1) is 5.56 Å². The summed E-state index contributed by atoms with van der Waals surface area (Å²) in [6.45, 7) is 0. The van der Waals surface area contributed by atoms with Crippen molar-refractivity contribution in [2.45, 2.75) is 4.90 Å². The van der Waals surface area contributed by atoms with Crippen LogP contribution in [0.15, 0.2) is 17.0 Å². The Morgan fingerprint density at radius 1 is 1.43 bits per heavy atom. The van der Waals surface area contributed by atoms with Gasteiger partial charge in [0.15, 0.2) is 5.82 Å². The highest BCUT2D eigenvalue weighted by molar-refractivity contribution is 14.0. The number of hydrogen-bond donors (Lipinski definition) is 2. The van der Waals surface area contributed by atoms with Crippen molar-refractivity contribution in [1.29, 1.82) is 5.41 Å². The molecule has 0 aliphatic heterocycles. The molecule has 0 bridgehead atoms. The molecule has 1 aromatic carbocycles. The number of nitrogens with one attached hydrogen (secondary N) is 1. The number of thioether (sulfide) groups is 1. The lowest BCUT2D eigenvalue weighted by Crippen LogP contribution is -2.16. The number of nitrogens with two attached hydrogens (primary N) is 1. The number of halogens is 3. The van der Waals surface area contributed by atoms with E-state index in [1.54, 1.807) is 6.26 Å². The third-order valence-corrected chi connectivity index (χ3v) is 2.30. The first-order valence-corrected chi connectivity index (χ1v) is 4.66. The maximum atomic E-state index is 13.3. The molecule has 0 unspecified atom stereocenters. The summed E-state index contributed by atoms with van der Waals surface area (Å²) >= 11 is 1.14. The molecule has 1 aromatic rings. The molecule has 0 amide bonds. The molecule has 3 N–H and O–H groups in total. The largest absolute Gasteiger partial charge is 0.384 e. The van der Waals surface area contributed by atoms with Crippen LogP contribution >= 0.6 is 35.7 Å². The molecule has 14 heavy (non-hydrogen) atoms. The van der Waals surface area contributed by atoms with Gasteiger partial charge in [0.25, 0.3) is 0 Å². The Morgan fingerprint density at radius 2 is 2.00 bits per heavy atom. The normalized spacial score (nSPS) is 9.36. The Bertz CT molecular complexity index is 357. The third kappa shape index (κ3) is 2.57. The van der Waals surface area contributed by atoms with E-state index in [2.05, 4.69) is 0 Å². The van der Waals surface area contributed by atoms with Crippen LogP contribution in [-0.4, -0.2) is 12.1 Å². The van der Waals surface area contributed by atoms with Crippen molar-refractivity contribution < 1.29 is 8.78 Å². The topological polar surface area (TPSA) is 49.9 Å². The van der Waals surface area contributed by atoms with Gasteiger partial charge in [-0.3, -0.25) is 5.41 Å². The zero-order valence-corrected chi connectivity index (χ0v) is 10.5. The van der Waals surface area contributed by atoms with E-state index in [1.165, 1.54) is 6.07 Å². The molecular weight excluding hydrogens is 321 g/mol. The van der Waals surface area contributed by atoms with Crippen LogP contribution in [0.25, 0.3) is 0 Å². The van der Waals surface area contributed by atoms with Crippen LogP contribution in [0, 0.1) is 17.0 Å². The summed E-state index contributed by atoms with van der Waals surface area (Å²) in [5, 5.41) is 6.98. The molecule has 0 aliphatic rings. The Kier molecular flexibility index (Phi) is 5.35. The predicted molar refractivity (Wildman–Crippen MR) is 64.6 cm³/mol. The molecule has 0 fully saturated rings. The second-order valence-corrected chi connectivity index (χ2v) is 3.20. The summed E-state index contributed by atoms with van der Waals surface area (Å²) < 4.78 is 26.3.